The fourth-order valence-corrected chi connectivity index (χ4v) is 1.95. The van der Waals surface area contributed by atoms with E-state index < -0.39 is 0 Å². The second-order valence-corrected chi connectivity index (χ2v) is 4.50. The quantitative estimate of drug-likeness (QED) is 0.846. The summed E-state index contributed by atoms with van der Waals surface area (Å²) in [6.07, 6.45) is 3.48. The third-order valence-electron chi connectivity index (χ3n) is 3.09. The smallest absolute Gasteiger partial charge is 0.165 e. The Bertz CT molecular complexity index is 554. The standard InChI is InChI=1S/C15H20FN3O/c1-3-17-8-12-5-6-15(14(16)7-12)20-10-13-9-18-11-19(13)4-2/h5-7,9,11,17H,3-4,8,10H2,1-2H3. The third-order valence-corrected chi connectivity index (χ3v) is 3.09. The maximum Gasteiger partial charge on any atom is 0.165 e. The molecule has 5 heteroatoms. The minimum absolute atomic E-state index is 0.272. The Balaban J connectivity index is 1.99. The van der Waals surface area contributed by atoms with Crippen molar-refractivity contribution in [3.05, 3.63) is 47.8 Å². The van der Waals surface area contributed by atoms with Crippen LogP contribution in [0.15, 0.2) is 30.7 Å². The number of nitrogens with one attached hydrogen (secondary N) is 1. The van der Waals surface area contributed by atoms with Crippen molar-refractivity contribution in [1.29, 1.82) is 0 Å². The van der Waals surface area contributed by atoms with Crippen molar-refractivity contribution in [2.75, 3.05) is 6.54 Å². The van der Waals surface area contributed by atoms with Gasteiger partial charge in [-0.05, 0) is 31.2 Å². The highest BCUT2D eigenvalue weighted by atomic mass is 19.1. The molecule has 108 valence electrons. The number of hydrogen-bond acceptors (Lipinski definition) is 3. The number of halogens is 1. The predicted octanol–water partition coefficient (Wildman–Crippen LogP) is 2.73. The van der Waals surface area contributed by atoms with Crippen molar-refractivity contribution in [2.24, 2.45) is 0 Å². The highest BCUT2D eigenvalue weighted by Crippen LogP contribution is 2.19. The minimum atomic E-state index is -0.331. The van der Waals surface area contributed by atoms with Crippen molar-refractivity contribution < 1.29 is 9.13 Å². The maximum atomic E-state index is 13.9. The summed E-state index contributed by atoms with van der Waals surface area (Å²) in [5.74, 6) is -0.0583. The van der Waals surface area contributed by atoms with Gasteiger partial charge in [0.25, 0.3) is 0 Å². The van der Waals surface area contributed by atoms with Crippen LogP contribution in [0.5, 0.6) is 5.75 Å². The van der Waals surface area contributed by atoms with Gasteiger partial charge < -0.3 is 14.6 Å². The van der Waals surface area contributed by atoms with E-state index in [2.05, 4.69) is 10.3 Å². The molecule has 0 saturated heterocycles. The number of benzene rings is 1. The molecular formula is C15H20FN3O. The summed E-state index contributed by atoms with van der Waals surface area (Å²) in [5, 5.41) is 3.16. The molecule has 0 bridgehead atoms. The molecule has 0 aliphatic heterocycles. The molecule has 20 heavy (non-hydrogen) atoms. The lowest BCUT2D eigenvalue weighted by atomic mass is 10.2. The van der Waals surface area contributed by atoms with Crippen molar-refractivity contribution in [3.8, 4) is 5.75 Å². The predicted molar refractivity (Wildman–Crippen MR) is 76.0 cm³/mol. The van der Waals surface area contributed by atoms with Crippen molar-refractivity contribution in [3.63, 3.8) is 0 Å². The van der Waals surface area contributed by atoms with Crippen LogP contribution in [0.1, 0.15) is 25.1 Å². The van der Waals surface area contributed by atoms with E-state index in [0.717, 1.165) is 24.3 Å². The molecule has 0 spiro atoms. The Labute approximate surface area is 118 Å². The zero-order valence-electron chi connectivity index (χ0n) is 11.9. The molecule has 1 heterocycles. The number of hydrogen-bond donors (Lipinski definition) is 1. The molecule has 4 nitrogen and oxygen atoms in total. The number of aryl methyl sites for hydroxylation is 1. The van der Waals surface area contributed by atoms with Gasteiger partial charge in [-0.15, -0.1) is 0 Å². The summed E-state index contributed by atoms with van der Waals surface area (Å²) in [6, 6.07) is 5.06. The Hall–Kier alpha value is -1.88. The molecule has 0 radical (unpaired) electrons. The van der Waals surface area contributed by atoms with Crippen LogP contribution in [0, 0.1) is 5.82 Å². The van der Waals surface area contributed by atoms with Gasteiger partial charge in [0.2, 0.25) is 0 Å². The van der Waals surface area contributed by atoms with E-state index in [1.165, 1.54) is 6.07 Å². The van der Waals surface area contributed by atoms with Crippen LogP contribution in [0.4, 0.5) is 4.39 Å². The van der Waals surface area contributed by atoms with Gasteiger partial charge in [0.1, 0.15) is 6.61 Å². The SMILES string of the molecule is CCNCc1ccc(OCc2cncn2CC)c(F)c1. The van der Waals surface area contributed by atoms with Gasteiger partial charge in [-0.25, -0.2) is 9.37 Å². The lowest BCUT2D eigenvalue weighted by molar-refractivity contribution is 0.280. The Morgan fingerprint density at radius 2 is 2.20 bits per heavy atom. The second kappa shape index (κ2) is 7.05. The van der Waals surface area contributed by atoms with E-state index in [1.807, 2.05) is 24.5 Å². The number of aromatic nitrogens is 2. The summed E-state index contributed by atoms with van der Waals surface area (Å²) < 4.78 is 21.4. The van der Waals surface area contributed by atoms with Crippen LogP contribution in [-0.2, 0) is 19.7 Å². The Kier molecular flexibility index (Phi) is 5.12. The number of rotatable bonds is 7. The van der Waals surface area contributed by atoms with E-state index in [-0.39, 0.29) is 11.6 Å². The first-order valence-corrected chi connectivity index (χ1v) is 6.85. The molecule has 0 fully saturated rings. The molecular weight excluding hydrogens is 257 g/mol. The maximum absolute atomic E-state index is 13.9. The van der Waals surface area contributed by atoms with Crippen LogP contribution >= 0.6 is 0 Å². The van der Waals surface area contributed by atoms with Gasteiger partial charge in [0, 0.05) is 13.1 Å². The van der Waals surface area contributed by atoms with Crippen LogP contribution in [0.3, 0.4) is 0 Å². The molecule has 0 aliphatic rings. The van der Waals surface area contributed by atoms with Gasteiger partial charge in [-0.2, -0.15) is 0 Å². The molecule has 0 unspecified atom stereocenters. The summed E-state index contributed by atoms with van der Waals surface area (Å²) in [5.41, 5.74) is 1.85. The zero-order valence-corrected chi connectivity index (χ0v) is 11.9. The summed E-state index contributed by atoms with van der Waals surface area (Å²) in [7, 11) is 0. The van der Waals surface area contributed by atoms with Crippen molar-refractivity contribution in [2.45, 2.75) is 33.5 Å². The average Bonchev–Trinajstić information content (AvgIpc) is 2.91. The Morgan fingerprint density at radius 1 is 1.35 bits per heavy atom. The highest BCUT2D eigenvalue weighted by molar-refractivity contribution is 5.29. The molecule has 0 amide bonds. The summed E-state index contributed by atoms with van der Waals surface area (Å²) >= 11 is 0. The summed E-state index contributed by atoms with van der Waals surface area (Å²) in [4.78, 5) is 4.06. The minimum Gasteiger partial charge on any atom is -0.484 e. The number of nitrogens with zero attached hydrogens (tertiary/aromatic N) is 2. The first-order chi connectivity index (χ1) is 9.74. The van der Waals surface area contributed by atoms with E-state index >= 15 is 0 Å². The van der Waals surface area contributed by atoms with Gasteiger partial charge in [-0.3, -0.25) is 0 Å². The second-order valence-electron chi connectivity index (χ2n) is 4.50. The lowest BCUT2D eigenvalue weighted by Crippen LogP contribution is -2.12. The first kappa shape index (κ1) is 14.5. The molecule has 0 saturated carbocycles. The van der Waals surface area contributed by atoms with Crippen molar-refractivity contribution >= 4 is 0 Å². The van der Waals surface area contributed by atoms with E-state index in [0.29, 0.717) is 13.2 Å². The molecule has 0 atom stereocenters. The topological polar surface area (TPSA) is 39.1 Å². The van der Waals surface area contributed by atoms with E-state index in [9.17, 15) is 4.39 Å². The van der Waals surface area contributed by atoms with Crippen LogP contribution < -0.4 is 10.1 Å². The van der Waals surface area contributed by atoms with Crippen LogP contribution in [0.25, 0.3) is 0 Å². The largest absolute Gasteiger partial charge is 0.484 e. The molecule has 1 aromatic carbocycles. The number of ether oxygens (including phenoxy) is 1. The number of imidazole rings is 1. The van der Waals surface area contributed by atoms with Crippen LogP contribution in [0.2, 0.25) is 0 Å². The van der Waals surface area contributed by atoms with Crippen molar-refractivity contribution in [1.82, 2.24) is 14.9 Å². The highest BCUT2D eigenvalue weighted by Gasteiger charge is 2.07. The lowest BCUT2D eigenvalue weighted by Gasteiger charge is -2.10. The van der Waals surface area contributed by atoms with Gasteiger partial charge in [0.05, 0.1) is 18.2 Å². The van der Waals surface area contributed by atoms with Crippen LogP contribution in [-0.4, -0.2) is 16.1 Å². The Morgan fingerprint density at radius 3 is 2.90 bits per heavy atom. The molecule has 2 aromatic rings. The molecule has 1 aromatic heterocycles. The summed E-state index contributed by atoms with van der Waals surface area (Å²) in [6.45, 7) is 6.71. The average molecular weight is 277 g/mol. The zero-order chi connectivity index (χ0) is 14.4. The van der Waals surface area contributed by atoms with Gasteiger partial charge in [0.15, 0.2) is 11.6 Å². The fourth-order valence-electron chi connectivity index (χ4n) is 1.95. The molecule has 1 N–H and O–H groups in total. The van der Waals surface area contributed by atoms with Gasteiger partial charge >= 0.3 is 0 Å². The molecule has 2 rings (SSSR count). The van der Waals surface area contributed by atoms with E-state index in [4.69, 9.17) is 4.74 Å². The normalized spacial score (nSPS) is 10.8. The molecule has 0 aliphatic carbocycles. The fraction of sp³-hybridized carbons (Fsp3) is 0.400. The third kappa shape index (κ3) is 3.57. The van der Waals surface area contributed by atoms with E-state index in [1.54, 1.807) is 18.6 Å². The monoisotopic (exact) mass is 277 g/mol. The first-order valence-electron chi connectivity index (χ1n) is 6.85. The van der Waals surface area contributed by atoms with Gasteiger partial charge in [-0.1, -0.05) is 13.0 Å².